The number of nitriles is 1. The van der Waals surface area contributed by atoms with Crippen molar-refractivity contribution in [1.82, 2.24) is 9.88 Å². The van der Waals surface area contributed by atoms with Crippen molar-refractivity contribution in [3.05, 3.63) is 59.8 Å². The van der Waals surface area contributed by atoms with Crippen molar-refractivity contribution in [2.75, 3.05) is 42.9 Å². The summed E-state index contributed by atoms with van der Waals surface area (Å²) in [7, 11) is 0. The first-order valence-electron chi connectivity index (χ1n) is 8.21. The van der Waals surface area contributed by atoms with E-state index in [-0.39, 0.29) is 0 Å². The van der Waals surface area contributed by atoms with Crippen LogP contribution in [-0.4, -0.2) is 42.6 Å². The highest BCUT2D eigenvalue weighted by Gasteiger charge is 2.21. The Morgan fingerprint density at radius 1 is 1.24 bits per heavy atom. The molecule has 5 nitrogen and oxygen atoms in total. The van der Waals surface area contributed by atoms with Gasteiger partial charge >= 0.3 is 0 Å². The average Bonchev–Trinajstić information content (AvgIpc) is 2.64. The molecule has 2 aromatic rings. The van der Waals surface area contributed by atoms with Crippen molar-refractivity contribution < 1.29 is 0 Å². The van der Waals surface area contributed by atoms with E-state index in [4.69, 9.17) is 16.9 Å². The van der Waals surface area contributed by atoms with Crippen LogP contribution in [0.4, 0.5) is 17.2 Å². The van der Waals surface area contributed by atoms with Crippen molar-refractivity contribution in [3.63, 3.8) is 0 Å². The van der Waals surface area contributed by atoms with Crippen LogP contribution in [0.2, 0.25) is 5.02 Å². The van der Waals surface area contributed by atoms with Crippen LogP contribution >= 0.6 is 11.6 Å². The molecule has 1 fully saturated rings. The summed E-state index contributed by atoms with van der Waals surface area (Å²) >= 11 is 6.50. The number of rotatable bonds is 5. The summed E-state index contributed by atoms with van der Waals surface area (Å²) in [5.41, 5.74) is 2.45. The van der Waals surface area contributed by atoms with Gasteiger partial charge in [0.25, 0.3) is 0 Å². The van der Waals surface area contributed by atoms with Gasteiger partial charge in [0.1, 0.15) is 11.9 Å². The van der Waals surface area contributed by atoms with Gasteiger partial charge in [-0.05, 0) is 24.3 Å². The molecule has 2 heterocycles. The van der Waals surface area contributed by atoms with Gasteiger partial charge in [-0.2, -0.15) is 5.26 Å². The molecule has 1 aliphatic rings. The fourth-order valence-corrected chi connectivity index (χ4v) is 3.24. The molecule has 3 rings (SSSR count). The molecule has 0 radical (unpaired) electrons. The zero-order valence-electron chi connectivity index (χ0n) is 14.0. The third-order valence-electron chi connectivity index (χ3n) is 4.22. The number of benzene rings is 1. The molecular formula is C19H20ClN5. The van der Waals surface area contributed by atoms with Gasteiger partial charge in [0.05, 0.1) is 22.0 Å². The summed E-state index contributed by atoms with van der Waals surface area (Å²) in [6.45, 7) is 8.49. The number of hydrogen-bond acceptors (Lipinski definition) is 5. The second-order valence-electron chi connectivity index (χ2n) is 5.88. The second-order valence-corrected chi connectivity index (χ2v) is 6.29. The van der Waals surface area contributed by atoms with E-state index in [1.165, 1.54) is 0 Å². The lowest BCUT2D eigenvalue weighted by Crippen LogP contribution is -2.46. The fraction of sp³-hybridized carbons (Fsp3) is 0.263. The highest BCUT2D eigenvalue weighted by molar-refractivity contribution is 6.34. The van der Waals surface area contributed by atoms with Crippen LogP contribution in [0.15, 0.2) is 49.2 Å². The molecule has 0 unspecified atom stereocenters. The molecule has 0 bridgehead atoms. The Labute approximate surface area is 153 Å². The van der Waals surface area contributed by atoms with E-state index in [0.29, 0.717) is 11.4 Å². The lowest BCUT2D eigenvalue weighted by molar-refractivity contribution is 0.284. The monoisotopic (exact) mass is 353 g/mol. The first-order chi connectivity index (χ1) is 12.2. The van der Waals surface area contributed by atoms with Gasteiger partial charge in [-0.1, -0.05) is 23.7 Å². The first kappa shape index (κ1) is 17.3. The molecule has 0 atom stereocenters. The van der Waals surface area contributed by atoms with Gasteiger partial charge in [0, 0.05) is 38.9 Å². The summed E-state index contributed by atoms with van der Waals surface area (Å²) in [4.78, 5) is 8.95. The lowest BCUT2D eigenvalue weighted by Gasteiger charge is -2.37. The average molecular weight is 354 g/mol. The van der Waals surface area contributed by atoms with Gasteiger partial charge in [0.2, 0.25) is 0 Å². The van der Waals surface area contributed by atoms with Crippen LogP contribution in [0.1, 0.15) is 5.56 Å². The molecule has 0 saturated carbocycles. The van der Waals surface area contributed by atoms with Gasteiger partial charge in [-0.15, -0.1) is 6.58 Å². The van der Waals surface area contributed by atoms with Crippen molar-refractivity contribution in [3.8, 4) is 6.07 Å². The Hall–Kier alpha value is -2.55. The number of anilines is 3. The standard InChI is InChI=1S/C19H20ClN5/c1-2-8-24-9-11-25(12-10-24)19-16(20)4-3-5-17(19)23-18-7-6-15(13-21)14-22-18/h2-7,14H,1,8-12H2,(H,22,23). The summed E-state index contributed by atoms with van der Waals surface area (Å²) in [6.07, 6.45) is 3.50. The Morgan fingerprint density at radius 3 is 2.68 bits per heavy atom. The van der Waals surface area contributed by atoms with Crippen LogP contribution < -0.4 is 10.2 Å². The van der Waals surface area contributed by atoms with E-state index >= 15 is 0 Å². The molecule has 0 aliphatic carbocycles. The molecule has 1 N–H and O–H groups in total. The molecule has 1 saturated heterocycles. The molecule has 0 spiro atoms. The number of piperazine rings is 1. The van der Waals surface area contributed by atoms with Gasteiger partial charge in [0.15, 0.2) is 0 Å². The van der Waals surface area contributed by atoms with Crippen LogP contribution in [0.25, 0.3) is 0 Å². The van der Waals surface area contributed by atoms with Crippen molar-refractivity contribution in [2.45, 2.75) is 0 Å². The van der Waals surface area contributed by atoms with E-state index in [2.05, 4.69) is 32.7 Å². The maximum Gasteiger partial charge on any atom is 0.130 e. The van der Waals surface area contributed by atoms with E-state index in [1.54, 1.807) is 18.3 Å². The number of nitrogens with zero attached hydrogens (tertiary/aromatic N) is 4. The number of nitrogens with one attached hydrogen (secondary N) is 1. The maximum atomic E-state index is 8.88. The summed E-state index contributed by atoms with van der Waals surface area (Å²) in [5.74, 6) is 0.688. The first-order valence-corrected chi connectivity index (χ1v) is 8.59. The predicted molar refractivity (Wildman–Crippen MR) is 103 cm³/mol. The molecule has 1 aromatic carbocycles. The Kier molecular flexibility index (Phi) is 5.54. The SMILES string of the molecule is C=CCN1CCN(c2c(Cl)cccc2Nc2ccc(C#N)cn2)CC1. The third kappa shape index (κ3) is 4.11. The Bertz CT molecular complexity index is 773. The van der Waals surface area contributed by atoms with Crippen molar-refractivity contribution in [1.29, 1.82) is 5.26 Å². The molecular weight excluding hydrogens is 334 g/mol. The number of pyridine rings is 1. The molecule has 1 aliphatic heterocycles. The van der Waals surface area contributed by atoms with Crippen LogP contribution in [0.3, 0.4) is 0 Å². The fourth-order valence-electron chi connectivity index (χ4n) is 2.95. The van der Waals surface area contributed by atoms with Crippen LogP contribution in [0, 0.1) is 11.3 Å². The predicted octanol–water partition coefficient (Wildman–Crippen LogP) is 3.66. The topological polar surface area (TPSA) is 55.2 Å². The quantitative estimate of drug-likeness (QED) is 0.831. The smallest absolute Gasteiger partial charge is 0.130 e. The molecule has 6 heteroatoms. The van der Waals surface area contributed by atoms with Gasteiger partial charge in [-0.25, -0.2) is 4.98 Å². The maximum absolute atomic E-state index is 8.88. The van der Waals surface area contributed by atoms with Crippen LogP contribution in [-0.2, 0) is 0 Å². The zero-order chi connectivity index (χ0) is 17.6. The van der Waals surface area contributed by atoms with Gasteiger partial charge < -0.3 is 10.2 Å². The summed E-state index contributed by atoms with van der Waals surface area (Å²) < 4.78 is 0. The minimum Gasteiger partial charge on any atom is -0.366 e. The Balaban J connectivity index is 1.80. The molecule has 1 aromatic heterocycles. The summed E-state index contributed by atoms with van der Waals surface area (Å²) in [5, 5.41) is 12.9. The van der Waals surface area contributed by atoms with E-state index < -0.39 is 0 Å². The van der Waals surface area contributed by atoms with Crippen molar-refractivity contribution in [2.24, 2.45) is 0 Å². The number of para-hydroxylation sites is 1. The van der Waals surface area contributed by atoms with E-state index in [0.717, 1.165) is 49.1 Å². The third-order valence-corrected chi connectivity index (χ3v) is 4.52. The number of hydrogen-bond donors (Lipinski definition) is 1. The number of halogens is 1. The summed E-state index contributed by atoms with van der Waals surface area (Å²) in [6, 6.07) is 11.4. The van der Waals surface area contributed by atoms with E-state index in [9.17, 15) is 0 Å². The second kappa shape index (κ2) is 8.02. The van der Waals surface area contributed by atoms with Gasteiger partial charge in [-0.3, -0.25) is 4.90 Å². The molecule has 25 heavy (non-hydrogen) atoms. The Morgan fingerprint density at radius 2 is 2.04 bits per heavy atom. The molecule has 128 valence electrons. The van der Waals surface area contributed by atoms with Crippen molar-refractivity contribution >= 4 is 28.8 Å². The van der Waals surface area contributed by atoms with E-state index in [1.807, 2.05) is 24.3 Å². The highest BCUT2D eigenvalue weighted by atomic mass is 35.5. The lowest BCUT2D eigenvalue weighted by atomic mass is 10.2. The zero-order valence-corrected chi connectivity index (χ0v) is 14.7. The largest absolute Gasteiger partial charge is 0.366 e. The minimum atomic E-state index is 0.537. The molecule has 0 amide bonds. The minimum absolute atomic E-state index is 0.537. The van der Waals surface area contributed by atoms with Crippen LogP contribution in [0.5, 0.6) is 0 Å². The normalized spacial score (nSPS) is 14.8. The highest BCUT2D eigenvalue weighted by Crippen LogP contribution is 2.35. The number of aromatic nitrogens is 1.